The van der Waals surface area contributed by atoms with Crippen molar-refractivity contribution < 1.29 is 14.7 Å². The molecule has 3 heteroatoms. The molecular weight excluding hydrogens is 420 g/mol. The van der Waals surface area contributed by atoms with E-state index in [-0.39, 0.29) is 17.6 Å². The maximum atomic E-state index is 12.9. The van der Waals surface area contributed by atoms with E-state index >= 15 is 0 Å². The molecule has 1 fully saturated rings. The fourth-order valence-electron chi connectivity index (χ4n) is 5.82. The summed E-state index contributed by atoms with van der Waals surface area (Å²) in [5, 5.41) is 9.21. The Morgan fingerprint density at radius 2 is 1.71 bits per heavy atom. The summed E-state index contributed by atoms with van der Waals surface area (Å²) in [6.07, 6.45) is 29.4. The summed E-state index contributed by atoms with van der Waals surface area (Å²) >= 11 is 0. The van der Waals surface area contributed by atoms with Gasteiger partial charge in [0.25, 0.3) is 0 Å². The monoisotopic (exact) mass is 452 g/mol. The van der Waals surface area contributed by atoms with Crippen molar-refractivity contribution in [2.45, 2.75) is 44.9 Å². The van der Waals surface area contributed by atoms with Crippen molar-refractivity contribution in [2.24, 2.45) is 23.7 Å². The molecule has 174 valence electrons. The molecule has 0 saturated heterocycles. The fourth-order valence-corrected chi connectivity index (χ4v) is 5.82. The lowest BCUT2D eigenvalue weighted by molar-refractivity contribution is -0.143. The van der Waals surface area contributed by atoms with Crippen LogP contribution >= 0.6 is 0 Å². The van der Waals surface area contributed by atoms with Gasteiger partial charge in [-0.3, -0.25) is 9.59 Å². The van der Waals surface area contributed by atoms with Gasteiger partial charge in [-0.15, -0.1) is 0 Å². The minimum absolute atomic E-state index is 0.152. The SMILES string of the molecule is C=C1C=C(C(=O)CCC2=CC3C=C(CC4CCC(C(=O)O)CC4)C=CC3=C2)C=C2C=CC=CC12. The number of aliphatic carboxylic acids is 1. The summed E-state index contributed by atoms with van der Waals surface area (Å²) < 4.78 is 0. The molecule has 0 bridgehead atoms. The van der Waals surface area contributed by atoms with Crippen LogP contribution in [-0.2, 0) is 9.59 Å². The smallest absolute Gasteiger partial charge is 0.306 e. The van der Waals surface area contributed by atoms with Gasteiger partial charge in [0.1, 0.15) is 0 Å². The van der Waals surface area contributed by atoms with Crippen molar-refractivity contribution in [2.75, 3.05) is 0 Å². The first-order valence-corrected chi connectivity index (χ1v) is 12.5. The van der Waals surface area contributed by atoms with E-state index in [1.54, 1.807) is 0 Å². The molecule has 5 aliphatic rings. The van der Waals surface area contributed by atoms with E-state index in [2.05, 4.69) is 49.1 Å². The summed E-state index contributed by atoms with van der Waals surface area (Å²) in [5.41, 5.74) is 6.78. The number of allylic oxidation sites excluding steroid dienone is 17. The normalized spacial score (nSPS) is 29.4. The minimum Gasteiger partial charge on any atom is -0.481 e. The Hall–Kier alpha value is -3.20. The van der Waals surface area contributed by atoms with Crippen molar-refractivity contribution in [3.05, 3.63) is 107 Å². The van der Waals surface area contributed by atoms with Crippen LogP contribution in [0, 0.1) is 23.7 Å². The van der Waals surface area contributed by atoms with E-state index in [1.165, 1.54) is 16.7 Å². The number of carboxylic acids is 1. The Kier molecular flexibility index (Phi) is 6.36. The van der Waals surface area contributed by atoms with Crippen LogP contribution in [0.1, 0.15) is 44.9 Å². The van der Waals surface area contributed by atoms with Crippen LogP contribution in [0.15, 0.2) is 107 Å². The molecule has 2 unspecified atom stereocenters. The first kappa shape index (κ1) is 22.6. The molecule has 2 atom stereocenters. The number of fused-ring (bicyclic) bond motifs is 2. The molecule has 0 aromatic rings. The van der Waals surface area contributed by atoms with Crippen LogP contribution in [0.4, 0.5) is 0 Å². The van der Waals surface area contributed by atoms with E-state index in [0.717, 1.165) is 55.2 Å². The van der Waals surface area contributed by atoms with Gasteiger partial charge in [0.2, 0.25) is 0 Å². The number of carbonyl (C=O) groups is 2. The molecule has 34 heavy (non-hydrogen) atoms. The summed E-state index contributed by atoms with van der Waals surface area (Å²) in [6.45, 7) is 4.16. The number of rotatable bonds is 7. The molecule has 0 amide bonds. The molecule has 1 N–H and O–H groups in total. The highest BCUT2D eigenvalue weighted by Gasteiger charge is 2.27. The van der Waals surface area contributed by atoms with Crippen LogP contribution in [-0.4, -0.2) is 16.9 Å². The molecule has 0 aromatic heterocycles. The highest BCUT2D eigenvalue weighted by molar-refractivity contribution is 5.99. The van der Waals surface area contributed by atoms with Gasteiger partial charge >= 0.3 is 5.97 Å². The molecular formula is C31H32O3. The molecule has 0 aromatic carbocycles. The van der Waals surface area contributed by atoms with E-state index < -0.39 is 5.97 Å². The first-order chi connectivity index (χ1) is 16.5. The van der Waals surface area contributed by atoms with Crippen LogP contribution in [0.25, 0.3) is 0 Å². The summed E-state index contributed by atoms with van der Waals surface area (Å²) in [6, 6.07) is 0. The van der Waals surface area contributed by atoms with Gasteiger partial charge in [0, 0.05) is 23.8 Å². The second-order valence-corrected chi connectivity index (χ2v) is 10.2. The van der Waals surface area contributed by atoms with Crippen molar-refractivity contribution in [1.29, 1.82) is 0 Å². The van der Waals surface area contributed by atoms with Gasteiger partial charge in [-0.05, 0) is 73.3 Å². The summed E-state index contributed by atoms with van der Waals surface area (Å²) in [5.74, 6) is 0.471. The average molecular weight is 453 g/mol. The van der Waals surface area contributed by atoms with Gasteiger partial charge < -0.3 is 5.11 Å². The molecule has 0 heterocycles. The van der Waals surface area contributed by atoms with Gasteiger partial charge in [0.15, 0.2) is 5.78 Å². The van der Waals surface area contributed by atoms with Gasteiger partial charge in [0.05, 0.1) is 5.92 Å². The molecule has 3 nitrogen and oxygen atoms in total. The number of Topliss-reactive ketones (excluding diaryl/α,β-unsaturated/α-hetero) is 1. The zero-order chi connectivity index (χ0) is 23.7. The number of hydrogen-bond acceptors (Lipinski definition) is 2. The quantitative estimate of drug-likeness (QED) is 0.464. The predicted octanol–water partition coefficient (Wildman–Crippen LogP) is 6.76. The Morgan fingerprint density at radius 3 is 2.50 bits per heavy atom. The van der Waals surface area contributed by atoms with Crippen molar-refractivity contribution in [3.63, 3.8) is 0 Å². The van der Waals surface area contributed by atoms with Gasteiger partial charge in [-0.1, -0.05) is 72.4 Å². The highest BCUT2D eigenvalue weighted by Crippen LogP contribution is 2.38. The third kappa shape index (κ3) is 4.84. The summed E-state index contributed by atoms with van der Waals surface area (Å²) in [4.78, 5) is 24.1. The highest BCUT2D eigenvalue weighted by atomic mass is 16.4. The minimum atomic E-state index is -0.638. The molecule has 0 radical (unpaired) electrons. The van der Waals surface area contributed by atoms with Gasteiger partial charge in [-0.25, -0.2) is 0 Å². The Bertz CT molecular complexity index is 1150. The van der Waals surface area contributed by atoms with Gasteiger partial charge in [-0.2, -0.15) is 0 Å². The number of carbonyl (C=O) groups excluding carboxylic acids is 1. The van der Waals surface area contributed by atoms with Crippen molar-refractivity contribution in [1.82, 2.24) is 0 Å². The van der Waals surface area contributed by atoms with Crippen LogP contribution in [0.3, 0.4) is 0 Å². The van der Waals surface area contributed by atoms with Crippen molar-refractivity contribution >= 4 is 11.8 Å². The third-order valence-corrected chi connectivity index (χ3v) is 7.82. The predicted molar refractivity (Wildman–Crippen MR) is 136 cm³/mol. The first-order valence-electron chi connectivity index (χ1n) is 12.5. The molecule has 1 saturated carbocycles. The zero-order valence-electron chi connectivity index (χ0n) is 19.6. The van der Waals surface area contributed by atoms with E-state index in [1.807, 2.05) is 24.3 Å². The average Bonchev–Trinajstić information content (AvgIpc) is 3.25. The standard InChI is InChI=1S/C31H32O3/c1-20-14-28(19-26-4-2-3-5-29(20)26)30(32)13-9-23-16-25-12-8-22(17-27(25)18-23)15-21-6-10-24(11-7-21)31(33)34/h2-5,8,12,14,16-19,21,24,27,29H,1,6-7,9-11,13,15H2,(H,33,34). The Balaban J connectivity index is 1.16. The Labute approximate surface area is 202 Å². The Morgan fingerprint density at radius 1 is 0.912 bits per heavy atom. The van der Waals surface area contributed by atoms with Crippen LogP contribution < -0.4 is 0 Å². The fraction of sp³-hybridized carbons (Fsp3) is 0.355. The van der Waals surface area contributed by atoms with E-state index in [4.69, 9.17) is 0 Å². The summed E-state index contributed by atoms with van der Waals surface area (Å²) in [7, 11) is 0. The largest absolute Gasteiger partial charge is 0.481 e. The van der Waals surface area contributed by atoms with Crippen molar-refractivity contribution in [3.8, 4) is 0 Å². The van der Waals surface area contributed by atoms with Crippen LogP contribution in [0.5, 0.6) is 0 Å². The third-order valence-electron chi connectivity index (χ3n) is 7.82. The number of carboxylic acid groups (broad SMARTS) is 1. The molecule has 5 rings (SSSR count). The topological polar surface area (TPSA) is 54.4 Å². The maximum absolute atomic E-state index is 12.9. The number of hydrogen-bond donors (Lipinski definition) is 1. The maximum Gasteiger partial charge on any atom is 0.306 e. The second kappa shape index (κ2) is 9.58. The van der Waals surface area contributed by atoms with E-state index in [0.29, 0.717) is 18.3 Å². The lowest BCUT2D eigenvalue weighted by Crippen LogP contribution is -2.21. The van der Waals surface area contributed by atoms with Crippen LogP contribution in [0.2, 0.25) is 0 Å². The lowest BCUT2D eigenvalue weighted by Gasteiger charge is -2.27. The molecule has 5 aliphatic carbocycles. The molecule has 0 spiro atoms. The number of ketones is 1. The zero-order valence-corrected chi connectivity index (χ0v) is 19.6. The molecule has 0 aliphatic heterocycles. The van der Waals surface area contributed by atoms with E-state index in [9.17, 15) is 14.7 Å². The lowest BCUT2D eigenvalue weighted by atomic mass is 9.78. The second-order valence-electron chi connectivity index (χ2n) is 10.2.